The molecule has 0 spiro atoms. The molecule has 0 bridgehead atoms. The summed E-state index contributed by atoms with van der Waals surface area (Å²) in [6, 6.07) is 4.20. The summed E-state index contributed by atoms with van der Waals surface area (Å²) in [5.74, 6) is 0.724. The second kappa shape index (κ2) is 6.84. The summed E-state index contributed by atoms with van der Waals surface area (Å²) < 4.78 is 5.86. The van der Waals surface area contributed by atoms with E-state index in [0.717, 1.165) is 32.7 Å². The van der Waals surface area contributed by atoms with E-state index < -0.39 is 0 Å². The SMILES string of the molecule is CC(C)Nc1ncccc1C(=O)N1CC[C@@H]2OCCN(C)[C@H]2C1. The zero-order valence-electron chi connectivity index (χ0n) is 14.2. The number of amides is 1. The summed E-state index contributed by atoms with van der Waals surface area (Å²) in [6.45, 7) is 7.26. The van der Waals surface area contributed by atoms with Gasteiger partial charge in [-0.2, -0.15) is 0 Å². The molecule has 2 saturated heterocycles. The van der Waals surface area contributed by atoms with E-state index in [-0.39, 0.29) is 18.1 Å². The second-order valence-electron chi connectivity index (χ2n) is 6.70. The van der Waals surface area contributed by atoms with E-state index in [1.807, 2.05) is 30.9 Å². The molecule has 0 saturated carbocycles. The zero-order chi connectivity index (χ0) is 16.4. The van der Waals surface area contributed by atoms with Crippen molar-refractivity contribution in [2.24, 2.45) is 0 Å². The van der Waals surface area contributed by atoms with Gasteiger partial charge in [-0.3, -0.25) is 9.69 Å². The summed E-state index contributed by atoms with van der Waals surface area (Å²) in [5, 5.41) is 3.26. The van der Waals surface area contributed by atoms with E-state index in [1.165, 1.54) is 0 Å². The van der Waals surface area contributed by atoms with Crippen LogP contribution in [0.3, 0.4) is 0 Å². The Morgan fingerprint density at radius 1 is 1.43 bits per heavy atom. The number of likely N-dealkylation sites (N-methyl/N-ethyl adjacent to an activating group) is 1. The minimum atomic E-state index is 0.0543. The molecule has 2 aliphatic rings. The van der Waals surface area contributed by atoms with Crippen molar-refractivity contribution in [2.45, 2.75) is 38.5 Å². The molecule has 0 aromatic carbocycles. The third kappa shape index (κ3) is 3.48. The number of fused-ring (bicyclic) bond motifs is 1. The quantitative estimate of drug-likeness (QED) is 0.914. The fourth-order valence-corrected chi connectivity index (χ4v) is 3.36. The highest BCUT2D eigenvalue weighted by Crippen LogP contribution is 2.24. The molecule has 2 atom stereocenters. The molecule has 6 heteroatoms. The van der Waals surface area contributed by atoms with Gasteiger partial charge in [-0.15, -0.1) is 0 Å². The summed E-state index contributed by atoms with van der Waals surface area (Å²) in [5.41, 5.74) is 0.652. The van der Waals surface area contributed by atoms with Gasteiger partial charge in [0.2, 0.25) is 0 Å². The first-order valence-corrected chi connectivity index (χ1v) is 8.39. The molecule has 126 valence electrons. The molecule has 0 unspecified atom stereocenters. The second-order valence-corrected chi connectivity index (χ2v) is 6.70. The van der Waals surface area contributed by atoms with Gasteiger partial charge in [0.25, 0.3) is 5.91 Å². The number of hydrogen-bond acceptors (Lipinski definition) is 5. The van der Waals surface area contributed by atoms with E-state index in [9.17, 15) is 4.79 Å². The predicted octanol–water partition coefficient (Wildman–Crippen LogP) is 1.45. The third-order valence-electron chi connectivity index (χ3n) is 4.61. The van der Waals surface area contributed by atoms with Gasteiger partial charge in [-0.1, -0.05) is 0 Å². The van der Waals surface area contributed by atoms with Crippen LogP contribution in [0, 0.1) is 0 Å². The summed E-state index contributed by atoms with van der Waals surface area (Å²) >= 11 is 0. The first-order valence-electron chi connectivity index (χ1n) is 8.39. The number of carbonyl (C=O) groups excluding carboxylic acids is 1. The number of piperidine rings is 1. The normalized spacial score (nSPS) is 25.3. The van der Waals surface area contributed by atoms with E-state index >= 15 is 0 Å². The van der Waals surface area contributed by atoms with Crippen LogP contribution in [0.1, 0.15) is 30.6 Å². The average Bonchev–Trinajstić information content (AvgIpc) is 2.54. The molecular weight excluding hydrogens is 292 g/mol. The van der Waals surface area contributed by atoms with E-state index in [4.69, 9.17) is 4.74 Å². The molecule has 0 radical (unpaired) electrons. The molecule has 1 amide bonds. The van der Waals surface area contributed by atoms with Crippen LogP contribution in [-0.4, -0.2) is 72.2 Å². The molecule has 1 aromatic heterocycles. The number of morpholine rings is 1. The van der Waals surface area contributed by atoms with Crippen LogP contribution in [0.15, 0.2) is 18.3 Å². The largest absolute Gasteiger partial charge is 0.375 e. The standard InChI is InChI=1S/C17H26N4O2/c1-12(2)19-16-13(5-4-7-18-16)17(22)21-8-6-15-14(11-21)20(3)9-10-23-15/h4-5,7,12,14-15H,6,8-11H2,1-3H3,(H,18,19)/t14-,15-/m0/s1. The minimum Gasteiger partial charge on any atom is -0.375 e. The molecule has 0 aliphatic carbocycles. The number of rotatable bonds is 3. The first kappa shape index (κ1) is 16.2. The van der Waals surface area contributed by atoms with Crippen LogP contribution < -0.4 is 5.32 Å². The van der Waals surface area contributed by atoms with Crippen LogP contribution in [0.5, 0.6) is 0 Å². The van der Waals surface area contributed by atoms with Gasteiger partial charge in [-0.25, -0.2) is 4.98 Å². The molecular formula is C17H26N4O2. The number of anilines is 1. The number of hydrogen-bond donors (Lipinski definition) is 1. The highest BCUT2D eigenvalue weighted by molar-refractivity contribution is 5.98. The van der Waals surface area contributed by atoms with E-state index in [0.29, 0.717) is 17.4 Å². The Balaban J connectivity index is 1.76. The van der Waals surface area contributed by atoms with Gasteiger partial charge >= 0.3 is 0 Å². The number of nitrogens with zero attached hydrogens (tertiary/aromatic N) is 3. The molecule has 6 nitrogen and oxygen atoms in total. The van der Waals surface area contributed by atoms with Gasteiger partial charge < -0.3 is 15.0 Å². The van der Waals surface area contributed by atoms with Gasteiger partial charge in [-0.05, 0) is 39.4 Å². The van der Waals surface area contributed by atoms with Crippen molar-refractivity contribution < 1.29 is 9.53 Å². The highest BCUT2D eigenvalue weighted by atomic mass is 16.5. The lowest BCUT2D eigenvalue weighted by Crippen LogP contribution is -2.59. The van der Waals surface area contributed by atoms with E-state index in [2.05, 4.69) is 22.2 Å². The molecule has 2 fully saturated rings. The van der Waals surface area contributed by atoms with Gasteiger partial charge in [0.15, 0.2) is 0 Å². The molecule has 23 heavy (non-hydrogen) atoms. The lowest BCUT2D eigenvalue weighted by atomic mass is 9.98. The van der Waals surface area contributed by atoms with E-state index in [1.54, 1.807) is 6.20 Å². The fourth-order valence-electron chi connectivity index (χ4n) is 3.36. The lowest BCUT2D eigenvalue weighted by Gasteiger charge is -2.45. The maximum absolute atomic E-state index is 13.0. The smallest absolute Gasteiger partial charge is 0.257 e. The zero-order valence-corrected chi connectivity index (χ0v) is 14.2. The topological polar surface area (TPSA) is 57.7 Å². The van der Waals surface area contributed by atoms with Crippen LogP contribution in [-0.2, 0) is 4.74 Å². The molecule has 1 aromatic rings. The Morgan fingerprint density at radius 3 is 3.04 bits per heavy atom. The summed E-state index contributed by atoms with van der Waals surface area (Å²) in [4.78, 5) is 21.6. The number of nitrogens with one attached hydrogen (secondary N) is 1. The maximum atomic E-state index is 13.0. The third-order valence-corrected chi connectivity index (χ3v) is 4.61. The van der Waals surface area contributed by atoms with Crippen molar-refractivity contribution in [1.29, 1.82) is 0 Å². The molecule has 3 rings (SSSR count). The van der Waals surface area contributed by atoms with Crippen molar-refractivity contribution in [3.63, 3.8) is 0 Å². The van der Waals surface area contributed by atoms with Crippen LogP contribution in [0.25, 0.3) is 0 Å². The predicted molar refractivity (Wildman–Crippen MR) is 89.7 cm³/mol. The lowest BCUT2D eigenvalue weighted by molar-refractivity contribution is -0.0893. The maximum Gasteiger partial charge on any atom is 0.257 e. The Labute approximate surface area is 137 Å². The number of likely N-dealkylation sites (tertiary alicyclic amines) is 1. The van der Waals surface area contributed by atoms with Crippen molar-refractivity contribution in [3.05, 3.63) is 23.9 Å². The number of aromatic nitrogens is 1. The van der Waals surface area contributed by atoms with Crippen molar-refractivity contribution >= 4 is 11.7 Å². The van der Waals surface area contributed by atoms with Crippen LogP contribution in [0.4, 0.5) is 5.82 Å². The Bertz CT molecular complexity index is 563. The van der Waals surface area contributed by atoms with Crippen molar-refractivity contribution in [2.75, 3.05) is 38.6 Å². The van der Waals surface area contributed by atoms with Crippen LogP contribution >= 0.6 is 0 Å². The molecule has 1 N–H and O–H groups in total. The fraction of sp³-hybridized carbons (Fsp3) is 0.647. The first-order chi connectivity index (χ1) is 11.1. The average molecular weight is 318 g/mol. The van der Waals surface area contributed by atoms with Gasteiger partial charge in [0.05, 0.1) is 24.3 Å². The van der Waals surface area contributed by atoms with Crippen molar-refractivity contribution in [1.82, 2.24) is 14.8 Å². The van der Waals surface area contributed by atoms with Crippen LogP contribution in [0.2, 0.25) is 0 Å². The Kier molecular flexibility index (Phi) is 4.82. The minimum absolute atomic E-state index is 0.0543. The van der Waals surface area contributed by atoms with Gasteiger partial charge in [0.1, 0.15) is 5.82 Å². The summed E-state index contributed by atoms with van der Waals surface area (Å²) in [7, 11) is 2.12. The Hall–Kier alpha value is -1.66. The molecule has 2 aliphatic heterocycles. The number of ether oxygens (including phenoxy) is 1. The number of pyridine rings is 1. The monoisotopic (exact) mass is 318 g/mol. The Morgan fingerprint density at radius 2 is 2.26 bits per heavy atom. The highest BCUT2D eigenvalue weighted by Gasteiger charge is 2.37. The van der Waals surface area contributed by atoms with Crippen molar-refractivity contribution in [3.8, 4) is 0 Å². The number of carbonyl (C=O) groups is 1. The molecule has 3 heterocycles. The summed E-state index contributed by atoms with van der Waals surface area (Å²) in [6.07, 6.45) is 2.87. The van der Waals surface area contributed by atoms with Gasteiger partial charge in [0, 0.05) is 31.9 Å².